The van der Waals surface area contributed by atoms with E-state index in [1.165, 1.54) is 11.8 Å². The monoisotopic (exact) mass is 512 g/mol. The molecule has 0 unspecified atom stereocenters. The van der Waals surface area contributed by atoms with Crippen LogP contribution in [0.2, 0.25) is 5.02 Å². The number of hydrogen-bond donors (Lipinski definition) is 1. The molecule has 5 nitrogen and oxygen atoms in total. The molecular formula is C23H18BrClN4OS. The zero-order chi connectivity index (χ0) is 21.8. The van der Waals surface area contributed by atoms with Crippen LogP contribution in [0.1, 0.15) is 5.56 Å². The lowest BCUT2D eigenvalue weighted by molar-refractivity contribution is -0.113. The number of nitrogens with one attached hydrogen (secondary N) is 1. The third kappa shape index (κ3) is 5.18. The maximum atomic E-state index is 12.6. The number of anilines is 1. The number of carbonyl (C=O) groups excluding carboxylic acids is 1. The average molecular weight is 514 g/mol. The van der Waals surface area contributed by atoms with Gasteiger partial charge >= 0.3 is 0 Å². The van der Waals surface area contributed by atoms with Crippen molar-refractivity contribution in [2.75, 3.05) is 11.1 Å². The van der Waals surface area contributed by atoms with Crippen LogP contribution in [0.15, 0.2) is 82.4 Å². The summed E-state index contributed by atoms with van der Waals surface area (Å²) in [5.74, 6) is 0.767. The molecule has 0 spiro atoms. The fourth-order valence-corrected chi connectivity index (χ4v) is 4.47. The molecule has 0 saturated heterocycles. The molecule has 1 amide bonds. The SMILES string of the molecule is Cc1ccc(NC(=O)CSc2nnc(-c3ccc(Cl)cc3)n2-c2ccccc2)c(Br)c1. The van der Waals surface area contributed by atoms with E-state index in [9.17, 15) is 4.79 Å². The summed E-state index contributed by atoms with van der Waals surface area (Å²) >= 11 is 10.9. The van der Waals surface area contributed by atoms with E-state index in [0.29, 0.717) is 16.0 Å². The van der Waals surface area contributed by atoms with Crippen LogP contribution in [0.25, 0.3) is 17.1 Å². The van der Waals surface area contributed by atoms with Crippen molar-refractivity contribution in [1.82, 2.24) is 14.8 Å². The Labute approximate surface area is 198 Å². The minimum Gasteiger partial charge on any atom is -0.324 e. The number of aryl methyl sites for hydroxylation is 1. The molecule has 0 aliphatic heterocycles. The van der Waals surface area contributed by atoms with Crippen molar-refractivity contribution in [3.63, 3.8) is 0 Å². The zero-order valence-corrected chi connectivity index (χ0v) is 19.7. The Bertz CT molecular complexity index is 1210. The van der Waals surface area contributed by atoms with Crippen LogP contribution in [-0.2, 0) is 4.79 Å². The quantitative estimate of drug-likeness (QED) is 0.304. The fraction of sp³-hybridized carbons (Fsp3) is 0.0870. The van der Waals surface area contributed by atoms with Gasteiger partial charge in [0, 0.05) is 20.7 Å². The van der Waals surface area contributed by atoms with Gasteiger partial charge in [-0.15, -0.1) is 10.2 Å². The second kappa shape index (κ2) is 9.68. The maximum absolute atomic E-state index is 12.6. The Hall–Kier alpha value is -2.61. The minimum atomic E-state index is -0.120. The van der Waals surface area contributed by atoms with Crippen molar-refractivity contribution in [2.24, 2.45) is 0 Å². The molecule has 0 bridgehead atoms. The third-order valence-corrected chi connectivity index (χ3v) is 6.32. The van der Waals surface area contributed by atoms with E-state index in [0.717, 1.165) is 27.0 Å². The largest absolute Gasteiger partial charge is 0.324 e. The second-order valence-electron chi connectivity index (χ2n) is 6.80. The topological polar surface area (TPSA) is 59.8 Å². The van der Waals surface area contributed by atoms with Crippen LogP contribution in [0.5, 0.6) is 0 Å². The van der Waals surface area contributed by atoms with Gasteiger partial charge in [-0.05, 0) is 76.9 Å². The van der Waals surface area contributed by atoms with Gasteiger partial charge < -0.3 is 5.32 Å². The minimum absolute atomic E-state index is 0.120. The van der Waals surface area contributed by atoms with Crippen LogP contribution in [0, 0.1) is 6.92 Å². The summed E-state index contributed by atoms with van der Waals surface area (Å²) in [5, 5.41) is 13.0. The normalized spacial score (nSPS) is 10.8. The smallest absolute Gasteiger partial charge is 0.234 e. The number of rotatable bonds is 6. The predicted molar refractivity (Wildman–Crippen MR) is 130 cm³/mol. The van der Waals surface area contributed by atoms with Gasteiger partial charge in [0.1, 0.15) is 0 Å². The molecule has 0 aliphatic rings. The fourth-order valence-electron chi connectivity index (χ4n) is 3.00. The number of aromatic nitrogens is 3. The van der Waals surface area contributed by atoms with Gasteiger partial charge in [0.15, 0.2) is 11.0 Å². The Morgan fingerprint density at radius 2 is 1.81 bits per heavy atom. The van der Waals surface area contributed by atoms with Crippen molar-refractivity contribution >= 4 is 50.9 Å². The number of halogens is 2. The molecule has 8 heteroatoms. The van der Waals surface area contributed by atoms with Crippen LogP contribution >= 0.6 is 39.3 Å². The molecule has 4 aromatic rings. The van der Waals surface area contributed by atoms with Crippen molar-refractivity contribution in [3.05, 3.63) is 87.9 Å². The lowest BCUT2D eigenvalue weighted by Gasteiger charge is -2.11. The van der Waals surface area contributed by atoms with E-state index in [2.05, 4.69) is 31.4 Å². The third-order valence-electron chi connectivity index (χ3n) is 4.48. The van der Waals surface area contributed by atoms with E-state index in [-0.39, 0.29) is 11.7 Å². The Morgan fingerprint density at radius 1 is 1.06 bits per heavy atom. The molecule has 1 N–H and O–H groups in total. The van der Waals surface area contributed by atoms with Gasteiger partial charge in [-0.3, -0.25) is 9.36 Å². The molecule has 0 aliphatic carbocycles. The summed E-state index contributed by atoms with van der Waals surface area (Å²) in [7, 11) is 0. The summed E-state index contributed by atoms with van der Waals surface area (Å²) in [6.45, 7) is 2.00. The summed E-state index contributed by atoms with van der Waals surface area (Å²) in [4.78, 5) is 12.6. The molecule has 4 rings (SSSR count). The standard InChI is InChI=1S/C23H18BrClN4OS/c1-15-7-12-20(19(24)13-15)26-21(30)14-31-23-28-27-22(16-8-10-17(25)11-9-16)29(23)18-5-3-2-4-6-18/h2-13H,14H2,1H3,(H,26,30). The van der Waals surface area contributed by atoms with E-state index in [1.54, 1.807) is 0 Å². The molecule has 1 heterocycles. The molecule has 0 fully saturated rings. The number of para-hydroxylation sites is 1. The molecule has 0 atom stereocenters. The molecule has 3 aromatic carbocycles. The molecule has 31 heavy (non-hydrogen) atoms. The Balaban J connectivity index is 1.58. The lowest BCUT2D eigenvalue weighted by atomic mass is 10.2. The van der Waals surface area contributed by atoms with Crippen LogP contribution in [0.3, 0.4) is 0 Å². The summed E-state index contributed by atoms with van der Waals surface area (Å²) < 4.78 is 2.80. The van der Waals surface area contributed by atoms with E-state index < -0.39 is 0 Å². The van der Waals surface area contributed by atoms with Gasteiger partial charge in [-0.2, -0.15) is 0 Å². The highest BCUT2D eigenvalue weighted by Crippen LogP contribution is 2.29. The summed E-state index contributed by atoms with van der Waals surface area (Å²) in [6.07, 6.45) is 0. The Kier molecular flexibility index (Phi) is 6.75. The highest BCUT2D eigenvalue weighted by molar-refractivity contribution is 9.10. The first-order valence-corrected chi connectivity index (χ1v) is 11.6. The van der Waals surface area contributed by atoms with Gasteiger partial charge in [0.05, 0.1) is 11.4 Å². The van der Waals surface area contributed by atoms with E-state index in [1.807, 2.05) is 84.3 Å². The van der Waals surface area contributed by atoms with Gasteiger partial charge in [0.25, 0.3) is 0 Å². The first kappa shape index (κ1) is 21.6. The second-order valence-corrected chi connectivity index (χ2v) is 9.04. The zero-order valence-electron chi connectivity index (χ0n) is 16.5. The van der Waals surface area contributed by atoms with Crippen LogP contribution < -0.4 is 5.32 Å². The highest BCUT2D eigenvalue weighted by Gasteiger charge is 2.17. The number of thioether (sulfide) groups is 1. The number of carbonyl (C=O) groups is 1. The summed E-state index contributed by atoms with van der Waals surface area (Å²) in [6, 6.07) is 23.1. The molecule has 0 radical (unpaired) electrons. The van der Waals surface area contributed by atoms with Gasteiger partial charge in [-0.1, -0.05) is 47.6 Å². The summed E-state index contributed by atoms with van der Waals surface area (Å²) in [5.41, 5.74) is 3.66. The maximum Gasteiger partial charge on any atom is 0.234 e. The van der Waals surface area contributed by atoms with Gasteiger partial charge in [0.2, 0.25) is 5.91 Å². The van der Waals surface area contributed by atoms with Gasteiger partial charge in [-0.25, -0.2) is 0 Å². The number of nitrogens with zero attached hydrogens (tertiary/aromatic N) is 3. The van der Waals surface area contributed by atoms with E-state index in [4.69, 9.17) is 11.6 Å². The number of hydrogen-bond acceptors (Lipinski definition) is 4. The first-order valence-electron chi connectivity index (χ1n) is 9.47. The average Bonchev–Trinajstić information content (AvgIpc) is 3.19. The van der Waals surface area contributed by atoms with Crippen molar-refractivity contribution in [2.45, 2.75) is 12.1 Å². The van der Waals surface area contributed by atoms with Crippen molar-refractivity contribution in [3.8, 4) is 17.1 Å². The number of amides is 1. The molecular weight excluding hydrogens is 496 g/mol. The molecule has 0 saturated carbocycles. The van der Waals surface area contributed by atoms with Crippen LogP contribution in [0.4, 0.5) is 5.69 Å². The lowest BCUT2D eigenvalue weighted by Crippen LogP contribution is -2.15. The predicted octanol–water partition coefficient (Wildman–Crippen LogP) is 6.39. The molecule has 156 valence electrons. The van der Waals surface area contributed by atoms with E-state index >= 15 is 0 Å². The first-order chi connectivity index (χ1) is 15.0. The number of benzene rings is 3. The van der Waals surface area contributed by atoms with Crippen molar-refractivity contribution in [1.29, 1.82) is 0 Å². The highest BCUT2D eigenvalue weighted by atomic mass is 79.9. The van der Waals surface area contributed by atoms with Crippen LogP contribution in [-0.4, -0.2) is 26.4 Å². The molecule has 1 aromatic heterocycles. The van der Waals surface area contributed by atoms with Crippen molar-refractivity contribution < 1.29 is 4.79 Å². The Morgan fingerprint density at radius 3 is 2.52 bits per heavy atom.